The van der Waals surface area contributed by atoms with Crippen molar-refractivity contribution in [1.82, 2.24) is 4.72 Å². The summed E-state index contributed by atoms with van der Waals surface area (Å²) in [5.41, 5.74) is 2.74. The van der Waals surface area contributed by atoms with Gasteiger partial charge in [0.2, 0.25) is 10.0 Å². The van der Waals surface area contributed by atoms with Gasteiger partial charge in [0.15, 0.2) is 0 Å². The molecule has 1 fully saturated rings. The van der Waals surface area contributed by atoms with Gasteiger partial charge in [-0.1, -0.05) is 36.7 Å². The third-order valence-electron chi connectivity index (χ3n) is 10.5. The molecule has 2 heterocycles. The van der Waals surface area contributed by atoms with Gasteiger partial charge in [-0.05, 0) is 97.7 Å². The number of allylic oxidation sites excluding steroid dienone is 1. The van der Waals surface area contributed by atoms with Crippen LogP contribution in [-0.4, -0.2) is 58.7 Å². The summed E-state index contributed by atoms with van der Waals surface area (Å²) >= 11 is 6.38. The lowest BCUT2D eigenvalue weighted by molar-refractivity contribution is -0.136. The van der Waals surface area contributed by atoms with Crippen molar-refractivity contribution in [3.05, 3.63) is 70.3 Å². The van der Waals surface area contributed by atoms with Crippen molar-refractivity contribution >= 4 is 33.2 Å². The fraction of sp³-hybridized carbons (Fsp3) is 0.559. The number of rotatable bonds is 2. The zero-order chi connectivity index (χ0) is 32.9. The van der Waals surface area contributed by atoms with E-state index >= 15 is 0 Å². The van der Waals surface area contributed by atoms with Crippen molar-refractivity contribution in [3.8, 4) is 5.75 Å². The Morgan fingerprint density at radius 2 is 1.98 bits per heavy atom. The molecule has 2 aliphatic carbocycles. The summed E-state index contributed by atoms with van der Waals surface area (Å²) in [5, 5.41) is -1.17. The van der Waals surface area contributed by atoms with E-state index in [2.05, 4.69) is 11.0 Å². The van der Waals surface area contributed by atoms with E-state index < -0.39 is 39.7 Å². The third-order valence-corrected chi connectivity index (χ3v) is 12.6. The SMILES string of the molecule is CO[C@H]1/C=C/C[C@H](C)[C@H](CC(F)(F)F)S(=O)(=O)NC(=O)c2ccc3c(c2)N(C[C@@H]2CC[C@H]21)C[C@@]1(CCCc2cc(Cl)ccc21)CO3. The highest BCUT2D eigenvalue weighted by molar-refractivity contribution is 7.90. The normalized spacial score (nSPS) is 31.8. The first kappa shape index (κ1) is 33.2. The van der Waals surface area contributed by atoms with Crippen LogP contribution in [0, 0.1) is 17.8 Å². The Morgan fingerprint density at radius 3 is 2.70 bits per heavy atom. The molecule has 0 aromatic heterocycles. The molecule has 2 aromatic carbocycles. The van der Waals surface area contributed by atoms with E-state index in [0.717, 1.165) is 32.1 Å². The van der Waals surface area contributed by atoms with Gasteiger partial charge in [-0.3, -0.25) is 4.79 Å². The first-order valence-corrected chi connectivity index (χ1v) is 17.8. The molecule has 2 aliphatic heterocycles. The minimum Gasteiger partial charge on any atom is -0.490 e. The fourth-order valence-electron chi connectivity index (χ4n) is 7.88. The Morgan fingerprint density at radius 1 is 1.17 bits per heavy atom. The van der Waals surface area contributed by atoms with Gasteiger partial charge >= 0.3 is 6.18 Å². The van der Waals surface area contributed by atoms with Gasteiger partial charge in [0.1, 0.15) is 5.75 Å². The molecule has 46 heavy (non-hydrogen) atoms. The molecule has 0 saturated heterocycles. The van der Waals surface area contributed by atoms with Crippen LogP contribution < -0.4 is 14.4 Å². The molecular formula is C34H40ClF3N2O5S. The van der Waals surface area contributed by atoms with Gasteiger partial charge < -0.3 is 14.4 Å². The molecule has 1 saturated carbocycles. The number of sulfonamides is 1. The number of nitrogens with zero attached hydrogens (tertiary/aromatic N) is 1. The molecule has 2 bridgehead atoms. The van der Waals surface area contributed by atoms with Gasteiger partial charge in [-0.2, -0.15) is 13.2 Å². The van der Waals surface area contributed by atoms with Gasteiger partial charge in [0, 0.05) is 36.2 Å². The van der Waals surface area contributed by atoms with Crippen LogP contribution in [0.1, 0.15) is 66.9 Å². The maximum absolute atomic E-state index is 13.6. The summed E-state index contributed by atoms with van der Waals surface area (Å²) in [4.78, 5) is 15.7. The zero-order valence-corrected chi connectivity index (χ0v) is 27.6. The number of carbonyl (C=O) groups excluding carboxylic acids is 1. The molecule has 7 nitrogen and oxygen atoms in total. The average Bonchev–Trinajstić information content (AvgIpc) is 3.13. The largest absolute Gasteiger partial charge is 0.490 e. The fourth-order valence-corrected chi connectivity index (χ4v) is 9.73. The Kier molecular flexibility index (Phi) is 9.15. The molecule has 0 radical (unpaired) electrons. The number of hydrogen-bond acceptors (Lipinski definition) is 6. The molecule has 250 valence electrons. The summed E-state index contributed by atoms with van der Waals surface area (Å²) in [7, 11) is -3.08. The number of aryl methyl sites for hydroxylation is 1. The van der Waals surface area contributed by atoms with Crippen molar-refractivity contribution in [1.29, 1.82) is 0 Å². The van der Waals surface area contributed by atoms with E-state index in [0.29, 0.717) is 36.2 Å². The third kappa shape index (κ3) is 6.65. The molecule has 2 aromatic rings. The van der Waals surface area contributed by atoms with Crippen LogP contribution in [0.4, 0.5) is 18.9 Å². The van der Waals surface area contributed by atoms with Crippen molar-refractivity contribution in [2.45, 2.75) is 74.8 Å². The van der Waals surface area contributed by atoms with Gasteiger partial charge in [0.05, 0.1) is 30.1 Å². The Hall–Kier alpha value is -2.76. The first-order valence-electron chi connectivity index (χ1n) is 15.9. The van der Waals surface area contributed by atoms with E-state index in [4.69, 9.17) is 21.1 Å². The van der Waals surface area contributed by atoms with Crippen molar-refractivity contribution in [2.24, 2.45) is 17.8 Å². The van der Waals surface area contributed by atoms with Crippen LogP contribution in [0.25, 0.3) is 0 Å². The molecule has 12 heteroatoms. The Balaban J connectivity index is 1.43. The summed E-state index contributed by atoms with van der Waals surface area (Å²) in [6.07, 6.45) is 1.78. The lowest BCUT2D eigenvalue weighted by Gasteiger charge is -2.46. The van der Waals surface area contributed by atoms with Crippen LogP contribution in [0.15, 0.2) is 48.6 Å². The average molecular weight is 681 g/mol. The van der Waals surface area contributed by atoms with E-state index in [1.807, 2.05) is 22.9 Å². The Bertz CT molecular complexity index is 1620. The van der Waals surface area contributed by atoms with Gasteiger partial charge in [0.25, 0.3) is 5.91 Å². The summed E-state index contributed by atoms with van der Waals surface area (Å²) in [6.45, 7) is 3.17. The number of methoxy groups -OCH3 is 1. The second-order valence-corrected chi connectivity index (χ2v) is 15.8. The first-order chi connectivity index (χ1) is 21.8. The standard InChI is InChI=1S/C34H40ClF3N2O5S/c1-21-5-3-7-29(44-2)26-11-8-24(26)18-40-19-33(14-4-6-22-15-25(35)10-12-27(22)33)20-45-30-13-9-23(16-28(30)40)32(41)39-46(42,43)31(21)17-34(36,37)38/h3,7,9-10,12-13,15-16,21,24,26,29,31H,4-6,8,11,14,17-20H2,1-2H3,(H,39,41)/b7-3+/t21-,24-,26+,29-,31-,33-/m0/s1. The second-order valence-electron chi connectivity index (χ2n) is 13.5. The number of benzene rings is 2. The number of amides is 1. The van der Waals surface area contributed by atoms with Crippen LogP contribution in [-0.2, 0) is 26.6 Å². The van der Waals surface area contributed by atoms with E-state index in [1.54, 1.807) is 25.3 Å². The number of anilines is 1. The monoisotopic (exact) mass is 680 g/mol. The smallest absolute Gasteiger partial charge is 0.390 e. The summed E-state index contributed by atoms with van der Waals surface area (Å²) in [5.74, 6) is -0.881. The van der Waals surface area contributed by atoms with Crippen molar-refractivity contribution < 1.29 is 35.9 Å². The minimum absolute atomic E-state index is 0.0352. The molecule has 1 spiro atoms. The molecule has 1 N–H and O–H groups in total. The van der Waals surface area contributed by atoms with Crippen LogP contribution in [0.3, 0.4) is 0 Å². The lowest BCUT2D eigenvalue weighted by Crippen LogP contribution is -2.49. The summed E-state index contributed by atoms with van der Waals surface area (Å²) in [6, 6.07) is 10.8. The molecule has 4 aliphatic rings. The van der Waals surface area contributed by atoms with Crippen molar-refractivity contribution in [2.75, 3.05) is 31.7 Å². The highest BCUT2D eigenvalue weighted by atomic mass is 35.5. The Labute approximate surface area is 273 Å². The maximum atomic E-state index is 13.6. The van der Waals surface area contributed by atoms with E-state index in [-0.39, 0.29) is 35.3 Å². The van der Waals surface area contributed by atoms with Crippen LogP contribution in [0.5, 0.6) is 5.75 Å². The molecule has 0 unspecified atom stereocenters. The molecular weight excluding hydrogens is 641 g/mol. The van der Waals surface area contributed by atoms with Crippen molar-refractivity contribution in [3.63, 3.8) is 0 Å². The number of fused-ring (bicyclic) bond motifs is 4. The number of alkyl halides is 3. The number of ether oxygens (including phenoxy) is 2. The number of carbonyl (C=O) groups is 1. The highest BCUT2D eigenvalue weighted by Crippen LogP contribution is 2.47. The minimum atomic E-state index is -4.74. The zero-order valence-electron chi connectivity index (χ0n) is 26.0. The molecule has 6 rings (SSSR count). The number of hydrogen-bond donors (Lipinski definition) is 1. The van der Waals surface area contributed by atoms with Gasteiger partial charge in [-0.15, -0.1) is 0 Å². The van der Waals surface area contributed by atoms with Gasteiger partial charge in [-0.25, -0.2) is 13.1 Å². The lowest BCUT2D eigenvalue weighted by atomic mass is 9.68. The molecule has 6 atom stereocenters. The predicted molar refractivity (Wildman–Crippen MR) is 171 cm³/mol. The predicted octanol–water partition coefficient (Wildman–Crippen LogP) is 6.83. The highest BCUT2D eigenvalue weighted by Gasteiger charge is 2.45. The number of nitrogens with one attached hydrogen (secondary N) is 1. The molecule has 1 amide bonds. The topological polar surface area (TPSA) is 84.9 Å². The van der Waals surface area contributed by atoms with E-state index in [1.165, 1.54) is 24.1 Å². The van der Waals surface area contributed by atoms with Crippen LogP contribution in [0.2, 0.25) is 5.02 Å². The maximum Gasteiger partial charge on any atom is 0.390 e. The quantitative estimate of drug-likeness (QED) is 0.350. The second kappa shape index (κ2) is 12.7. The van der Waals surface area contributed by atoms with Crippen LogP contribution >= 0.6 is 11.6 Å². The van der Waals surface area contributed by atoms with E-state index in [9.17, 15) is 26.4 Å². The number of halogens is 4. The summed E-state index contributed by atoms with van der Waals surface area (Å²) < 4.78 is 82.0.